The zero-order valence-electron chi connectivity index (χ0n) is 20.5. The van der Waals surface area contributed by atoms with Crippen molar-refractivity contribution in [3.8, 4) is 17.2 Å². The van der Waals surface area contributed by atoms with Crippen LogP contribution >= 0.6 is 0 Å². The molecule has 0 N–H and O–H groups in total. The van der Waals surface area contributed by atoms with E-state index in [0.29, 0.717) is 0 Å². The van der Waals surface area contributed by atoms with Crippen LogP contribution in [0, 0.1) is 0 Å². The quantitative estimate of drug-likeness (QED) is 0.226. The molecule has 0 saturated heterocycles. The maximum atomic E-state index is 6.39. The Labute approximate surface area is 198 Å². The van der Waals surface area contributed by atoms with Gasteiger partial charge in [0.05, 0.1) is 21.3 Å². The van der Waals surface area contributed by atoms with Crippen LogP contribution in [0.5, 0.6) is 17.2 Å². The van der Waals surface area contributed by atoms with Crippen molar-refractivity contribution in [3.63, 3.8) is 0 Å². The van der Waals surface area contributed by atoms with Gasteiger partial charge in [0.25, 0.3) is 0 Å². The van der Waals surface area contributed by atoms with E-state index in [1.807, 2.05) is 24.3 Å². The van der Waals surface area contributed by atoms with E-state index in [4.69, 9.17) is 18.9 Å². The van der Waals surface area contributed by atoms with Gasteiger partial charge in [-0.1, -0.05) is 56.5 Å². The number of rotatable bonds is 12. The van der Waals surface area contributed by atoms with Crippen LogP contribution in [0.25, 0.3) is 0 Å². The van der Waals surface area contributed by atoms with E-state index in [0.717, 1.165) is 46.8 Å². The fourth-order valence-corrected chi connectivity index (χ4v) is 4.44. The van der Waals surface area contributed by atoms with Gasteiger partial charge in [-0.3, -0.25) is 0 Å². The molecule has 0 fully saturated rings. The summed E-state index contributed by atoms with van der Waals surface area (Å²) < 4.78 is 22.9. The van der Waals surface area contributed by atoms with Crippen molar-refractivity contribution in [1.82, 2.24) is 0 Å². The minimum absolute atomic E-state index is 0.789. The molecule has 0 bridgehead atoms. The molecule has 0 aliphatic rings. The highest BCUT2D eigenvalue weighted by atomic mass is 16.5. The second-order valence-electron chi connectivity index (χ2n) is 8.18. The Morgan fingerprint density at radius 1 is 0.606 bits per heavy atom. The van der Waals surface area contributed by atoms with Crippen LogP contribution in [0.1, 0.15) is 54.9 Å². The molecule has 0 amide bonds. The molecule has 0 spiro atoms. The Balaban J connectivity index is 2.15. The molecule has 0 radical (unpaired) electrons. The summed E-state index contributed by atoms with van der Waals surface area (Å²) in [5.74, 6) is 2.54. The van der Waals surface area contributed by atoms with Gasteiger partial charge in [-0.15, -0.1) is 0 Å². The van der Waals surface area contributed by atoms with Gasteiger partial charge in [0.15, 0.2) is 0 Å². The van der Waals surface area contributed by atoms with Gasteiger partial charge >= 0.3 is 0 Å². The summed E-state index contributed by atoms with van der Waals surface area (Å²) in [6.07, 6.45) is 5.80. The van der Waals surface area contributed by atoms with Gasteiger partial charge in [0.1, 0.15) is 22.8 Å². The molecule has 0 saturated carbocycles. The van der Waals surface area contributed by atoms with Gasteiger partial charge < -0.3 is 18.9 Å². The van der Waals surface area contributed by atoms with Gasteiger partial charge in [0, 0.05) is 7.11 Å². The van der Waals surface area contributed by atoms with E-state index < -0.39 is 5.60 Å². The first-order chi connectivity index (χ1) is 16.1. The van der Waals surface area contributed by atoms with Crippen molar-refractivity contribution < 1.29 is 18.9 Å². The Kier molecular flexibility index (Phi) is 8.79. The highest BCUT2D eigenvalue weighted by Crippen LogP contribution is 2.42. The van der Waals surface area contributed by atoms with Crippen LogP contribution in [-0.2, 0) is 16.8 Å². The Bertz CT molecular complexity index is 946. The van der Waals surface area contributed by atoms with Crippen LogP contribution in [0.2, 0.25) is 0 Å². The van der Waals surface area contributed by atoms with Crippen molar-refractivity contribution in [2.24, 2.45) is 0 Å². The topological polar surface area (TPSA) is 36.9 Å². The van der Waals surface area contributed by atoms with Crippen molar-refractivity contribution in [3.05, 3.63) is 89.0 Å². The average Bonchev–Trinajstić information content (AvgIpc) is 2.88. The molecule has 3 aromatic carbocycles. The lowest BCUT2D eigenvalue weighted by atomic mass is 9.79. The summed E-state index contributed by atoms with van der Waals surface area (Å²) in [6, 6.07) is 22.6. The number of benzene rings is 3. The zero-order valence-corrected chi connectivity index (χ0v) is 20.5. The smallest absolute Gasteiger partial charge is 0.143 e. The molecule has 0 aromatic heterocycles. The first kappa shape index (κ1) is 24.7. The van der Waals surface area contributed by atoms with Crippen molar-refractivity contribution in [1.29, 1.82) is 0 Å². The minimum Gasteiger partial charge on any atom is -0.497 e. The molecular weight excluding hydrogens is 412 g/mol. The second kappa shape index (κ2) is 11.8. The largest absolute Gasteiger partial charge is 0.497 e. The van der Waals surface area contributed by atoms with Crippen molar-refractivity contribution in [2.45, 2.75) is 44.6 Å². The monoisotopic (exact) mass is 448 g/mol. The highest BCUT2D eigenvalue weighted by Gasteiger charge is 2.37. The standard InChI is InChI=1S/C29H36O4/c1-6-7-8-9-10-22-21-25(15-20-28(22)32-4)29(33-5,23-11-16-26(30-2)17-12-23)24-13-18-27(31-3)19-14-24/h11-21H,6-10H2,1-5H3. The molecule has 4 heteroatoms. The van der Waals surface area contributed by atoms with Gasteiger partial charge in [-0.25, -0.2) is 0 Å². The lowest BCUT2D eigenvalue weighted by Gasteiger charge is -2.35. The van der Waals surface area contributed by atoms with E-state index >= 15 is 0 Å². The highest BCUT2D eigenvalue weighted by molar-refractivity contribution is 5.52. The van der Waals surface area contributed by atoms with Crippen LogP contribution in [0.4, 0.5) is 0 Å². The van der Waals surface area contributed by atoms with Crippen molar-refractivity contribution in [2.75, 3.05) is 28.4 Å². The Hall–Kier alpha value is -2.98. The predicted molar refractivity (Wildman–Crippen MR) is 134 cm³/mol. The van der Waals surface area contributed by atoms with E-state index in [1.165, 1.54) is 24.8 Å². The third-order valence-electron chi connectivity index (χ3n) is 6.29. The van der Waals surface area contributed by atoms with Gasteiger partial charge in [-0.05, 0) is 71.5 Å². The number of unbranched alkanes of at least 4 members (excludes halogenated alkanes) is 3. The molecule has 4 nitrogen and oxygen atoms in total. The van der Waals surface area contributed by atoms with Gasteiger partial charge in [0.2, 0.25) is 0 Å². The molecule has 176 valence electrons. The molecule has 0 aliphatic carbocycles. The summed E-state index contributed by atoms with van der Waals surface area (Å²) in [7, 11) is 6.85. The van der Waals surface area contributed by atoms with Crippen molar-refractivity contribution >= 4 is 0 Å². The lowest BCUT2D eigenvalue weighted by molar-refractivity contribution is 0.0583. The Morgan fingerprint density at radius 2 is 1.15 bits per heavy atom. The van der Waals surface area contributed by atoms with Crippen LogP contribution in [0.3, 0.4) is 0 Å². The molecular formula is C29H36O4. The molecule has 0 heterocycles. The molecule has 0 atom stereocenters. The lowest BCUT2D eigenvalue weighted by Crippen LogP contribution is -2.31. The summed E-state index contributed by atoms with van der Waals surface area (Å²) in [5.41, 5.74) is 3.53. The zero-order chi connectivity index (χ0) is 23.7. The fourth-order valence-electron chi connectivity index (χ4n) is 4.44. The summed E-state index contributed by atoms with van der Waals surface area (Å²) in [6.45, 7) is 2.23. The average molecular weight is 449 g/mol. The Morgan fingerprint density at radius 3 is 1.61 bits per heavy atom. The molecule has 3 rings (SSSR count). The SMILES string of the molecule is CCCCCCc1cc(C(OC)(c2ccc(OC)cc2)c2ccc(OC)cc2)ccc1OC. The maximum absolute atomic E-state index is 6.39. The minimum atomic E-state index is -0.789. The van der Waals surface area contributed by atoms with Crippen LogP contribution in [0.15, 0.2) is 66.7 Å². The number of hydrogen-bond acceptors (Lipinski definition) is 4. The fraction of sp³-hybridized carbons (Fsp3) is 0.379. The van der Waals surface area contributed by atoms with E-state index in [2.05, 4.69) is 49.4 Å². The first-order valence-electron chi connectivity index (χ1n) is 11.6. The second-order valence-corrected chi connectivity index (χ2v) is 8.18. The summed E-state index contributed by atoms with van der Waals surface area (Å²) in [5, 5.41) is 0. The maximum Gasteiger partial charge on any atom is 0.143 e. The van der Waals surface area contributed by atoms with E-state index in [1.54, 1.807) is 28.4 Å². The van der Waals surface area contributed by atoms with E-state index in [-0.39, 0.29) is 0 Å². The van der Waals surface area contributed by atoms with E-state index in [9.17, 15) is 0 Å². The molecule has 3 aromatic rings. The number of methoxy groups -OCH3 is 4. The summed E-state index contributed by atoms with van der Waals surface area (Å²) in [4.78, 5) is 0. The third-order valence-corrected chi connectivity index (χ3v) is 6.29. The summed E-state index contributed by atoms with van der Waals surface area (Å²) >= 11 is 0. The first-order valence-corrected chi connectivity index (χ1v) is 11.6. The number of aryl methyl sites for hydroxylation is 1. The molecule has 0 aliphatic heterocycles. The normalized spacial score (nSPS) is 11.3. The molecule has 33 heavy (non-hydrogen) atoms. The number of hydrogen-bond donors (Lipinski definition) is 0. The third kappa shape index (κ3) is 5.33. The van der Waals surface area contributed by atoms with Crippen LogP contribution in [-0.4, -0.2) is 28.4 Å². The number of ether oxygens (including phenoxy) is 4. The van der Waals surface area contributed by atoms with Gasteiger partial charge in [-0.2, -0.15) is 0 Å². The van der Waals surface area contributed by atoms with Crippen LogP contribution < -0.4 is 14.2 Å². The molecule has 0 unspecified atom stereocenters. The predicted octanol–water partition coefficient (Wildman–Crippen LogP) is 6.77.